The van der Waals surface area contributed by atoms with Gasteiger partial charge in [-0.05, 0) is 72.5 Å². The molecule has 0 aliphatic rings. The minimum Gasteiger partial charge on any atom is -0.410 e. The first-order valence-electron chi connectivity index (χ1n) is 11.1. The summed E-state index contributed by atoms with van der Waals surface area (Å²) in [4.78, 5) is 4.60. The van der Waals surface area contributed by atoms with Crippen molar-refractivity contribution in [1.29, 1.82) is 0 Å². The molecule has 6 heteroatoms. The van der Waals surface area contributed by atoms with Crippen molar-refractivity contribution >= 4 is 14.7 Å². The highest BCUT2D eigenvalue weighted by Gasteiger charge is 2.28. The summed E-state index contributed by atoms with van der Waals surface area (Å²) in [5.41, 5.74) is 5.56. The number of nitrogens with zero attached hydrogens (tertiary/aromatic N) is 2. The van der Waals surface area contributed by atoms with Crippen molar-refractivity contribution in [1.82, 2.24) is 9.38 Å². The molecule has 0 aliphatic carbocycles. The molecular formula is C27H29F2N2OSi. The molecule has 0 bridgehead atoms. The normalized spacial score (nSPS) is 13.1. The van der Waals surface area contributed by atoms with Gasteiger partial charge >= 0.3 is 0 Å². The second-order valence-corrected chi connectivity index (χ2v) is 11.8. The molecule has 0 saturated carbocycles. The minimum atomic E-state index is -0.870. The average Bonchev–Trinajstić information content (AvgIpc) is 3.07. The number of halogens is 2. The van der Waals surface area contributed by atoms with Gasteiger partial charge in [-0.15, -0.1) is 0 Å². The first-order valence-corrected chi connectivity index (χ1v) is 13.5. The Kier molecular flexibility index (Phi) is 6.25. The SMILES string of the molecule is Cc1c(-c2ccc(F)cc2F)nc2ccc(-c3cccc(C(O[Si](C)C)C(C)(C)C)c3)cn12. The van der Waals surface area contributed by atoms with E-state index in [0.717, 1.165) is 28.5 Å². The van der Waals surface area contributed by atoms with Gasteiger partial charge in [0.15, 0.2) is 0 Å². The van der Waals surface area contributed by atoms with Crippen LogP contribution in [0.3, 0.4) is 0 Å². The van der Waals surface area contributed by atoms with E-state index in [1.54, 1.807) is 0 Å². The zero-order valence-corrected chi connectivity index (χ0v) is 20.9. The van der Waals surface area contributed by atoms with Gasteiger partial charge in [0.1, 0.15) is 17.3 Å². The van der Waals surface area contributed by atoms with E-state index in [4.69, 9.17) is 4.43 Å². The van der Waals surface area contributed by atoms with Crippen molar-refractivity contribution in [2.45, 2.75) is 46.9 Å². The molecule has 33 heavy (non-hydrogen) atoms. The third kappa shape index (κ3) is 4.77. The van der Waals surface area contributed by atoms with E-state index in [0.29, 0.717) is 16.9 Å². The number of rotatable bonds is 5. The van der Waals surface area contributed by atoms with E-state index in [-0.39, 0.29) is 11.5 Å². The number of hydrogen-bond acceptors (Lipinski definition) is 2. The Bertz CT molecular complexity index is 1310. The number of hydrogen-bond donors (Lipinski definition) is 0. The first kappa shape index (κ1) is 23.3. The summed E-state index contributed by atoms with van der Waals surface area (Å²) >= 11 is 0. The molecular weight excluding hydrogens is 434 g/mol. The van der Waals surface area contributed by atoms with Gasteiger partial charge < -0.3 is 8.83 Å². The highest BCUT2D eigenvalue weighted by atomic mass is 28.3. The maximum atomic E-state index is 14.4. The molecule has 2 heterocycles. The lowest BCUT2D eigenvalue weighted by Gasteiger charge is -2.33. The summed E-state index contributed by atoms with van der Waals surface area (Å²) in [7, 11) is -0.870. The Labute approximate surface area is 195 Å². The standard InChI is InChI=1S/C27H29F2N2OSi/c1-17-25(22-12-11-21(28)15-23(22)29)30-24-13-10-20(16-31(17)24)18-8-7-9-19(14-18)26(27(2,3)4)32-33(5)6/h7-16,26H,1-6H3. The monoisotopic (exact) mass is 463 g/mol. The predicted octanol–water partition coefficient (Wildman–Crippen LogP) is 7.61. The molecule has 0 N–H and O–H groups in total. The molecule has 0 saturated heterocycles. The summed E-state index contributed by atoms with van der Waals surface area (Å²) in [5.74, 6) is -1.22. The van der Waals surface area contributed by atoms with E-state index >= 15 is 0 Å². The molecule has 0 amide bonds. The fraction of sp³-hybridized carbons (Fsp3) is 0.296. The zero-order chi connectivity index (χ0) is 23.9. The van der Waals surface area contributed by atoms with E-state index in [2.05, 4.69) is 63.1 Å². The molecule has 171 valence electrons. The van der Waals surface area contributed by atoms with Crippen LogP contribution in [-0.2, 0) is 4.43 Å². The van der Waals surface area contributed by atoms with E-state index in [1.807, 2.05) is 29.7 Å². The van der Waals surface area contributed by atoms with Crippen LogP contribution in [0.2, 0.25) is 13.1 Å². The molecule has 0 aliphatic heterocycles. The largest absolute Gasteiger partial charge is 0.410 e. The predicted molar refractivity (Wildman–Crippen MR) is 131 cm³/mol. The van der Waals surface area contributed by atoms with Crippen molar-refractivity contribution in [2.75, 3.05) is 0 Å². The van der Waals surface area contributed by atoms with Gasteiger partial charge in [0, 0.05) is 23.5 Å². The van der Waals surface area contributed by atoms with Crippen LogP contribution < -0.4 is 0 Å². The molecule has 2 aromatic carbocycles. The molecule has 0 spiro atoms. The molecule has 1 unspecified atom stereocenters. The molecule has 3 nitrogen and oxygen atoms in total. The number of imidazole rings is 1. The quantitative estimate of drug-likeness (QED) is 0.285. The lowest BCUT2D eigenvalue weighted by Crippen LogP contribution is -2.25. The van der Waals surface area contributed by atoms with Crippen LogP contribution in [0.15, 0.2) is 60.8 Å². The number of fused-ring (bicyclic) bond motifs is 1. The lowest BCUT2D eigenvalue weighted by atomic mass is 9.84. The molecule has 1 atom stereocenters. The highest BCUT2D eigenvalue weighted by molar-refractivity contribution is 6.48. The molecule has 4 aromatic rings. The third-order valence-corrected chi connectivity index (χ3v) is 6.41. The van der Waals surface area contributed by atoms with Gasteiger partial charge in [0.2, 0.25) is 9.04 Å². The number of aryl methyl sites for hydroxylation is 1. The summed E-state index contributed by atoms with van der Waals surface area (Å²) in [5, 5.41) is 0. The molecule has 0 fully saturated rings. The minimum absolute atomic E-state index is 0.00750. The summed E-state index contributed by atoms with van der Waals surface area (Å²) in [6, 6.07) is 16.0. The Morgan fingerprint density at radius 3 is 2.39 bits per heavy atom. The van der Waals surface area contributed by atoms with Crippen molar-refractivity contribution in [3.63, 3.8) is 0 Å². The van der Waals surface area contributed by atoms with E-state index in [9.17, 15) is 8.78 Å². The van der Waals surface area contributed by atoms with Crippen molar-refractivity contribution in [2.24, 2.45) is 5.41 Å². The summed E-state index contributed by atoms with van der Waals surface area (Å²) in [6.07, 6.45) is 2.02. The van der Waals surface area contributed by atoms with Gasteiger partial charge in [-0.25, -0.2) is 13.8 Å². The van der Waals surface area contributed by atoms with Crippen molar-refractivity contribution in [3.8, 4) is 22.4 Å². The van der Waals surface area contributed by atoms with Crippen LogP contribution in [0.5, 0.6) is 0 Å². The first-order chi connectivity index (χ1) is 15.5. The van der Waals surface area contributed by atoms with E-state index < -0.39 is 20.7 Å². The maximum Gasteiger partial charge on any atom is 0.205 e. The number of benzene rings is 2. The van der Waals surface area contributed by atoms with Crippen LogP contribution >= 0.6 is 0 Å². The number of pyridine rings is 1. The molecule has 1 radical (unpaired) electrons. The van der Waals surface area contributed by atoms with Gasteiger partial charge in [0.05, 0.1) is 11.8 Å². The Balaban J connectivity index is 1.77. The molecule has 2 aromatic heterocycles. The Morgan fingerprint density at radius 1 is 0.970 bits per heavy atom. The van der Waals surface area contributed by atoms with E-state index in [1.165, 1.54) is 12.1 Å². The van der Waals surface area contributed by atoms with Crippen LogP contribution in [0.1, 0.15) is 38.1 Å². The van der Waals surface area contributed by atoms with Crippen LogP contribution in [0.4, 0.5) is 8.78 Å². The smallest absolute Gasteiger partial charge is 0.205 e. The number of aromatic nitrogens is 2. The second-order valence-electron chi connectivity index (χ2n) is 9.71. The lowest BCUT2D eigenvalue weighted by molar-refractivity contribution is 0.0866. The topological polar surface area (TPSA) is 26.5 Å². The van der Waals surface area contributed by atoms with Crippen LogP contribution in [0, 0.1) is 24.0 Å². The van der Waals surface area contributed by atoms with Gasteiger partial charge in [0.25, 0.3) is 0 Å². The van der Waals surface area contributed by atoms with Crippen LogP contribution in [0.25, 0.3) is 28.0 Å². The molecule has 4 rings (SSSR count). The average molecular weight is 464 g/mol. The Hall–Kier alpha value is -2.83. The summed E-state index contributed by atoms with van der Waals surface area (Å²) < 4.78 is 36.1. The Morgan fingerprint density at radius 2 is 1.73 bits per heavy atom. The van der Waals surface area contributed by atoms with Gasteiger partial charge in [-0.3, -0.25) is 0 Å². The highest BCUT2D eigenvalue weighted by Crippen LogP contribution is 2.38. The van der Waals surface area contributed by atoms with Gasteiger partial charge in [-0.1, -0.05) is 39.0 Å². The maximum absolute atomic E-state index is 14.4. The van der Waals surface area contributed by atoms with Crippen molar-refractivity contribution < 1.29 is 13.2 Å². The fourth-order valence-electron chi connectivity index (χ4n) is 4.13. The van der Waals surface area contributed by atoms with Gasteiger partial charge in [-0.2, -0.15) is 0 Å². The summed E-state index contributed by atoms with van der Waals surface area (Å²) in [6.45, 7) is 12.8. The van der Waals surface area contributed by atoms with Crippen molar-refractivity contribution in [3.05, 3.63) is 83.7 Å². The fourth-order valence-corrected chi connectivity index (χ4v) is 5.09. The van der Waals surface area contributed by atoms with Crippen LogP contribution in [-0.4, -0.2) is 18.4 Å². The third-order valence-electron chi connectivity index (χ3n) is 5.71. The zero-order valence-electron chi connectivity index (χ0n) is 19.9. The second kappa shape index (κ2) is 8.84.